The largest absolute Gasteiger partial charge is 0.377 e. The number of methoxy groups -OCH3 is 1. The summed E-state index contributed by atoms with van der Waals surface area (Å²) in [5.74, 6) is 1.32. The van der Waals surface area contributed by atoms with Crippen LogP contribution in [-0.2, 0) is 11.3 Å². The maximum atomic E-state index is 6.02. The average molecular weight is 278 g/mol. The molecule has 1 aromatic heterocycles. The highest BCUT2D eigenvalue weighted by atomic mass is 35.5. The number of hydrogen-bond acceptors (Lipinski definition) is 4. The molecule has 0 N–H and O–H groups in total. The minimum atomic E-state index is 0.342. The van der Waals surface area contributed by atoms with Gasteiger partial charge in [-0.2, -0.15) is 0 Å². The van der Waals surface area contributed by atoms with E-state index in [2.05, 4.69) is 29.0 Å². The van der Waals surface area contributed by atoms with Crippen molar-refractivity contribution in [3.05, 3.63) is 46.9 Å². The lowest BCUT2D eigenvalue weighted by atomic mass is 10.2. The van der Waals surface area contributed by atoms with Crippen molar-refractivity contribution < 1.29 is 4.74 Å². The molecule has 2 aromatic rings. The van der Waals surface area contributed by atoms with Gasteiger partial charge in [-0.05, 0) is 24.6 Å². The zero-order valence-corrected chi connectivity index (χ0v) is 12.0. The molecule has 0 amide bonds. The first-order valence-electron chi connectivity index (χ1n) is 5.93. The summed E-state index contributed by atoms with van der Waals surface area (Å²) >= 11 is 6.02. The van der Waals surface area contributed by atoms with E-state index in [4.69, 9.17) is 16.3 Å². The van der Waals surface area contributed by atoms with Crippen molar-refractivity contribution >= 4 is 23.1 Å². The van der Waals surface area contributed by atoms with Gasteiger partial charge in [0.1, 0.15) is 17.6 Å². The lowest BCUT2D eigenvalue weighted by Crippen LogP contribution is -2.13. The Kier molecular flexibility index (Phi) is 4.35. The van der Waals surface area contributed by atoms with Crippen molar-refractivity contribution in [3.8, 4) is 0 Å². The molecule has 5 heteroatoms. The summed E-state index contributed by atoms with van der Waals surface area (Å²) in [5.41, 5.74) is 2.25. The van der Waals surface area contributed by atoms with Gasteiger partial charge in [-0.25, -0.2) is 9.97 Å². The predicted octanol–water partition coefficient (Wildman–Crippen LogP) is 3.35. The number of ether oxygens (including phenoxy) is 1. The number of halogens is 1. The standard InChI is InChI=1S/C14H16ClN3O/c1-10-5-4-6-11(7-10)18(2)14-8-12(15)16-13(17-14)9-19-3/h4-8H,9H2,1-3H3. The maximum Gasteiger partial charge on any atom is 0.158 e. The molecule has 4 nitrogen and oxygen atoms in total. The van der Waals surface area contributed by atoms with Crippen molar-refractivity contribution in [1.82, 2.24) is 9.97 Å². The van der Waals surface area contributed by atoms with Crippen molar-refractivity contribution in [2.75, 3.05) is 19.1 Å². The quantitative estimate of drug-likeness (QED) is 0.804. The van der Waals surface area contributed by atoms with E-state index in [1.807, 2.05) is 24.1 Å². The van der Waals surface area contributed by atoms with Crippen molar-refractivity contribution in [1.29, 1.82) is 0 Å². The minimum Gasteiger partial charge on any atom is -0.377 e. The third-order valence-corrected chi connectivity index (χ3v) is 2.93. The molecule has 0 radical (unpaired) electrons. The molecule has 0 unspecified atom stereocenters. The number of aromatic nitrogens is 2. The van der Waals surface area contributed by atoms with Gasteiger partial charge in [-0.15, -0.1) is 0 Å². The van der Waals surface area contributed by atoms with Crippen LogP contribution in [0, 0.1) is 6.92 Å². The summed E-state index contributed by atoms with van der Waals surface area (Å²) in [7, 11) is 3.55. The first-order chi connectivity index (χ1) is 9.10. The van der Waals surface area contributed by atoms with Crippen molar-refractivity contribution in [3.63, 3.8) is 0 Å². The van der Waals surface area contributed by atoms with E-state index in [9.17, 15) is 0 Å². The van der Waals surface area contributed by atoms with Gasteiger partial charge in [0.05, 0.1) is 0 Å². The van der Waals surface area contributed by atoms with E-state index in [1.54, 1.807) is 13.2 Å². The fourth-order valence-electron chi connectivity index (χ4n) is 1.79. The van der Waals surface area contributed by atoms with Crippen LogP contribution in [0.25, 0.3) is 0 Å². The van der Waals surface area contributed by atoms with Crippen LogP contribution in [0.2, 0.25) is 5.15 Å². The van der Waals surface area contributed by atoms with Crippen LogP contribution in [0.4, 0.5) is 11.5 Å². The average Bonchev–Trinajstić information content (AvgIpc) is 2.37. The summed E-state index contributed by atoms with van der Waals surface area (Å²) in [6.45, 7) is 2.40. The van der Waals surface area contributed by atoms with E-state index >= 15 is 0 Å². The second kappa shape index (κ2) is 5.99. The fourth-order valence-corrected chi connectivity index (χ4v) is 1.98. The normalized spacial score (nSPS) is 10.5. The summed E-state index contributed by atoms with van der Waals surface area (Å²) < 4.78 is 5.04. The Morgan fingerprint density at radius 2 is 2.05 bits per heavy atom. The van der Waals surface area contributed by atoms with Gasteiger partial charge in [-0.1, -0.05) is 23.7 Å². The third kappa shape index (κ3) is 3.43. The molecule has 0 atom stereocenters. The highest BCUT2D eigenvalue weighted by Crippen LogP contribution is 2.24. The molecule has 2 rings (SSSR count). The van der Waals surface area contributed by atoms with Gasteiger partial charge >= 0.3 is 0 Å². The lowest BCUT2D eigenvalue weighted by molar-refractivity contribution is 0.178. The molecular weight excluding hydrogens is 262 g/mol. The van der Waals surface area contributed by atoms with E-state index < -0.39 is 0 Å². The van der Waals surface area contributed by atoms with Crippen LogP contribution in [0.15, 0.2) is 30.3 Å². The van der Waals surface area contributed by atoms with Crippen molar-refractivity contribution in [2.24, 2.45) is 0 Å². The molecule has 1 aromatic carbocycles. The number of hydrogen-bond donors (Lipinski definition) is 0. The molecule has 0 fully saturated rings. The molecule has 0 aliphatic rings. The first-order valence-corrected chi connectivity index (χ1v) is 6.30. The van der Waals surface area contributed by atoms with Gasteiger partial charge in [0, 0.05) is 25.9 Å². The van der Waals surface area contributed by atoms with E-state index in [-0.39, 0.29) is 0 Å². The van der Waals surface area contributed by atoms with Crippen LogP contribution >= 0.6 is 11.6 Å². The Morgan fingerprint density at radius 1 is 1.26 bits per heavy atom. The van der Waals surface area contributed by atoms with E-state index in [1.165, 1.54) is 5.56 Å². The Labute approximate surface area is 118 Å². The van der Waals surface area contributed by atoms with Crippen LogP contribution in [0.1, 0.15) is 11.4 Å². The third-order valence-electron chi connectivity index (χ3n) is 2.73. The molecule has 0 bridgehead atoms. The number of benzene rings is 1. The van der Waals surface area contributed by atoms with Gasteiger partial charge in [0.15, 0.2) is 5.82 Å². The Balaban J connectivity index is 2.35. The van der Waals surface area contributed by atoms with Crippen LogP contribution in [0.3, 0.4) is 0 Å². The number of aryl methyl sites for hydroxylation is 1. The summed E-state index contributed by atoms with van der Waals surface area (Å²) in [6.07, 6.45) is 0. The Morgan fingerprint density at radius 3 is 2.74 bits per heavy atom. The molecule has 0 aliphatic carbocycles. The van der Waals surface area contributed by atoms with Gasteiger partial charge in [-0.3, -0.25) is 0 Å². The second-order valence-corrected chi connectivity index (χ2v) is 4.68. The summed E-state index contributed by atoms with van der Waals surface area (Å²) in [6, 6.07) is 9.93. The topological polar surface area (TPSA) is 38.2 Å². The molecule has 100 valence electrons. The molecule has 19 heavy (non-hydrogen) atoms. The number of nitrogens with zero attached hydrogens (tertiary/aromatic N) is 3. The summed E-state index contributed by atoms with van der Waals surface area (Å²) in [4.78, 5) is 10.5. The maximum absolute atomic E-state index is 6.02. The SMILES string of the molecule is COCc1nc(Cl)cc(N(C)c2cccc(C)c2)n1. The number of anilines is 2. The Hall–Kier alpha value is -1.65. The number of rotatable bonds is 4. The second-order valence-electron chi connectivity index (χ2n) is 4.30. The minimum absolute atomic E-state index is 0.342. The zero-order chi connectivity index (χ0) is 13.8. The van der Waals surface area contributed by atoms with Crippen LogP contribution in [0.5, 0.6) is 0 Å². The highest BCUT2D eigenvalue weighted by Gasteiger charge is 2.09. The highest BCUT2D eigenvalue weighted by molar-refractivity contribution is 6.29. The molecule has 0 saturated heterocycles. The van der Waals surface area contributed by atoms with Gasteiger partial charge in [0.2, 0.25) is 0 Å². The van der Waals surface area contributed by atoms with E-state index in [0.29, 0.717) is 17.6 Å². The lowest BCUT2D eigenvalue weighted by Gasteiger charge is -2.19. The molecule has 0 aliphatic heterocycles. The first kappa shape index (κ1) is 13.8. The van der Waals surface area contributed by atoms with Gasteiger partial charge in [0.25, 0.3) is 0 Å². The molecule has 0 saturated carbocycles. The van der Waals surface area contributed by atoms with Crippen LogP contribution in [-0.4, -0.2) is 24.1 Å². The van der Waals surface area contributed by atoms with Gasteiger partial charge < -0.3 is 9.64 Å². The molecular formula is C14H16ClN3O. The monoisotopic (exact) mass is 277 g/mol. The molecule has 1 heterocycles. The fraction of sp³-hybridized carbons (Fsp3) is 0.286. The van der Waals surface area contributed by atoms with Crippen molar-refractivity contribution in [2.45, 2.75) is 13.5 Å². The smallest absolute Gasteiger partial charge is 0.158 e. The van der Waals surface area contributed by atoms with Crippen LogP contribution < -0.4 is 4.90 Å². The zero-order valence-electron chi connectivity index (χ0n) is 11.2. The molecule has 0 spiro atoms. The van der Waals surface area contributed by atoms with E-state index in [0.717, 1.165) is 11.5 Å². The summed E-state index contributed by atoms with van der Waals surface area (Å²) in [5, 5.41) is 0.413. The predicted molar refractivity (Wildman–Crippen MR) is 77.0 cm³/mol. The Bertz CT molecular complexity index is 574.